The van der Waals surface area contributed by atoms with Crippen LogP contribution < -0.4 is 5.90 Å². The molecule has 0 aromatic heterocycles. The van der Waals surface area contributed by atoms with Gasteiger partial charge in [-0.1, -0.05) is 24.3 Å². The molecule has 1 fully saturated rings. The number of thioether (sulfide) groups is 1. The van der Waals surface area contributed by atoms with Crippen molar-refractivity contribution in [3.63, 3.8) is 0 Å². The second-order valence-electron chi connectivity index (χ2n) is 3.90. The highest BCUT2D eigenvalue weighted by atomic mass is 32.2. The van der Waals surface area contributed by atoms with Gasteiger partial charge in [-0.3, -0.25) is 4.84 Å². The van der Waals surface area contributed by atoms with Crippen LogP contribution in [0.15, 0.2) is 24.3 Å². The van der Waals surface area contributed by atoms with Crippen molar-refractivity contribution in [1.29, 1.82) is 0 Å². The Balaban J connectivity index is 2.17. The number of rotatable bonds is 3. The minimum atomic E-state index is 0.528. The molecule has 1 aliphatic rings. The molecule has 2 nitrogen and oxygen atoms in total. The summed E-state index contributed by atoms with van der Waals surface area (Å²) >= 11 is 2.06. The lowest BCUT2D eigenvalue weighted by molar-refractivity contribution is 0.123. The smallest absolute Gasteiger partial charge is 0.0932 e. The van der Waals surface area contributed by atoms with Gasteiger partial charge in [0.15, 0.2) is 0 Å². The van der Waals surface area contributed by atoms with Gasteiger partial charge < -0.3 is 0 Å². The van der Waals surface area contributed by atoms with Crippen molar-refractivity contribution in [2.75, 3.05) is 11.5 Å². The van der Waals surface area contributed by atoms with Gasteiger partial charge in [0.25, 0.3) is 0 Å². The fourth-order valence-corrected chi connectivity index (χ4v) is 3.27. The maximum absolute atomic E-state index is 5.15. The molecular formula is C12H17NOS. The Hall–Kier alpha value is -0.510. The normalized spacial score (nSPS) is 17.9. The van der Waals surface area contributed by atoms with Gasteiger partial charge in [0, 0.05) is 0 Å². The molecule has 1 saturated heterocycles. The fourth-order valence-electron chi connectivity index (χ4n) is 2.16. The molecule has 0 unspecified atom stereocenters. The summed E-state index contributed by atoms with van der Waals surface area (Å²) < 4.78 is 0. The molecule has 2 rings (SSSR count). The van der Waals surface area contributed by atoms with Crippen molar-refractivity contribution < 1.29 is 4.84 Å². The van der Waals surface area contributed by atoms with E-state index in [4.69, 9.17) is 10.7 Å². The van der Waals surface area contributed by atoms with E-state index in [9.17, 15) is 0 Å². The standard InChI is InChI=1S/C12H17NOS/c13-14-9-11-3-1-2-4-12(11)10-5-7-15-8-6-10/h1-4,10H,5-9,13H2. The molecule has 1 aromatic carbocycles. The van der Waals surface area contributed by atoms with E-state index >= 15 is 0 Å². The van der Waals surface area contributed by atoms with Gasteiger partial charge in [-0.15, -0.1) is 0 Å². The number of hydrogen-bond acceptors (Lipinski definition) is 3. The van der Waals surface area contributed by atoms with Crippen LogP contribution in [0.1, 0.15) is 29.9 Å². The second kappa shape index (κ2) is 5.54. The minimum absolute atomic E-state index is 0.528. The molecule has 0 spiro atoms. The predicted molar refractivity (Wildman–Crippen MR) is 64.7 cm³/mol. The monoisotopic (exact) mass is 223 g/mol. The second-order valence-corrected chi connectivity index (χ2v) is 5.12. The van der Waals surface area contributed by atoms with Crippen molar-refractivity contribution >= 4 is 11.8 Å². The highest BCUT2D eigenvalue weighted by molar-refractivity contribution is 7.99. The largest absolute Gasteiger partial charge is 0.300 e. The summed E-state index contributed by atoms with van der Waals surface area (Å²) in [4.78, 5) is 4.75. The van der Waals surface area contributed by atoms with Gasteiger partial charge in [0.1, 0.15) is 0 Å². The Kier molecular flexibility index (Phi) is 4.06. The third kappa shape index (κ3) is 2.74. The predicted octanol–water partition coefficient (Wildman–Crippen LogP) is 2.69. The molecule has 0 saturated carbocycles. The lowest BCUT2D eigenvalue weighted by Crippen LogP contribution is -2.11. The highest BCUT2D eigenvalue weighted by Gasteiger charge is 2.17. The Labute approximate surface area is 95.1 Å². The van der Waals surface area contributed by atoms with E-state index in [0.29, 0.717) is 12.5 Å². The zero-order valence-electron chi connectivity index (χ0n) is 8.82. The molecule has 0 aliphatic carbocycles. The summed E-state index contributed by atoms with van der Waals surface area (Å²) in [6.07, 6.45) is 2.57. The summed E-state index contributed by atoms with van der Waals surface area (Å²) in [5.74, 6) is 8.42. The quantitative estimate of drug-likeness (QED) is 0.800. The van der Waals surface area contributed by atoms with E-state index in [1.807, 2.05) is 0 Å². The first-order valence-corrected chi connectivity index (χ1v) is 6.54. The maximum Gasteiger partial charge on any atom is 0.0932 e. The van der Waals surface area contributed by atoms with Crippen LogP contribution in [0.25, 0.3) is 0 Å². The van der Waals surface area contributed by atoms with E-state index in [1.165, 1.54) is 35.5 Å². The molecule has 15 heavy (non-hydrogen) atoms. The first kappa shape index (κ1) is 11.0. The molecule has 0 atom stereocenters. The highest BCUT2D eigenvalue weighted by Crippen LogP contribution is 2.33. The first-order valence-electron chi connectivity index (χ1n) is 5.39. The zero-order valence-corrected chi connectivity index (χ0v) is 9.63. The molecule has 3 heteroatoms. The molecule has 2 N–H and O–H groups in total. The average molecular weight is 223 g/mol. The molecule has 0 bridgehead atoms. The molecule has 0 amide bonds. The first-order chi connectivity index (χ1) is 7.42. The van der Waals surface area contributed by atoms with Crippen LogP contribution >= 0.6 is 11.8 Å². The van der Waals surface area contributed by atoms with Gasteiger partial charge in [-0.05, 0) is 41.4 Å². The summed E-state index contributed by atoms with van der Waals surface area (Å²) in [5.41, 5.74) is 2.68. The Morgan fingerprint density at radius 2 is 2.00 bits per heavy atom. The van der Waals surface area contributed by atoms with E-state index in [2.05, 4.69) is 36.0 Å². The van der Waals surface area contributed by atoms with Crippen LogP contribution in [-0.4, -0.2) is 11.5 Å². The van der Waals surface area contributed by atoms with Crippen molar-refractivity contribution in [3.05, 3.63) is 35.4 Å². The van der Waals surface area contributed by atoms with E-state index in [-0.39, 0.29) is 0 Å². The van der Waals surface area contributed by atoms with Gasteiger partial charge in [0.05, 0.1) is 6.61 Å². The third-order valence-electron chi connectivity index (χ3n) is 2.96. The molecule has 1 heterocycles. The lowest BCUT2D eigenvalue weighted by atomic mass is 9.90. The van der Waals surface area contributed by atoms with Crippen molar-refractivity contribution in [1.82, 2.24) is 0 Å². The molecular weight excluding hydrogens is 206 g/mol. The van der Waals surface area contributed by atoms with E-state index < -0.39 is 0 Å². The Morgan fingerprint density at radius 3 is 2.73 bits per heavy atom. The number of benzene rings is 1. The summed E-state index contributed by atoms with van der Waals surface area (Å²) in [6.45, 7) is 0.528. The lowest BCUT2D eigenvalue weighted by Gasteiger charge is -2.23. The fraction of sp³-hybridized carbons (Fsp3) is 0.500. The Morgan fingerprint density at radius 1 is 1.27 bits per heavy atom. The third-order valence-corrected chi connectivity index (χ3v) is 4.00. The van der Waals surface area contributed by atoms with E-state index in [1.54, 1.807) is 0 Å². The van der Waals surface area contributed by atoms with Crippen LogP contribution in [-0.2, 0) is 11.4 Å². The van der Waals surface area contributed by atoms with Crippen LogP contribution in [0.2, 0.25) is 0 Å². The van der Waals surface area contributed by atoms with E-state index in [0.717, 1.165) is 0 Å². The molecule has 1 aliphatic heterocycles. The van der Waals surface area contributed by atoms with Crippen molar-refractivity contribution in [2.24, 2.45) is 5.90 Å². The van der Waals surface area contributed by atoms with Crippen molar-refractivity contribution in [2.45, 2.75) is 25.4 Å². The number of nitrogens with two attached hydrogens (primary N) is 1. The van der Waals surface area contributed by atoms with Crippen LogP contribution in [0.4, 0.5) is 0 Å². The topological polar surface area (TPSA) is 35.2 Å². The van der Waals surface area contributed by atoms with Crippen LogP contribution in [0.3, 0.4) is 0 Å². The summed E-state index contributed by atoms with van der Waals surface area (Å²) in [5, 5.41) is 0. The van der Waals surface area contributed by atoms with Gasteiger partial charge in [-0.25, -0.2) is 5.90 Å². The molecule has 82 valence electrons. The summed E-state index contributed by atoms with van der Waals surface area (Å²) in [7, 11) is 0. The van der Waals surface area contributed by atoms with Crippen molar-refractivity contribution in [3.8, 4) is 0 Å². The molecule has 1 aromatic rings. The average Bonchev–Trinajstić information content (AvgIpc) is 2.31. The van der Waals surface area contributed by atoms with Crippen LogP contribution in [0, 0.1) is 0 Å². The SMILES string of the molecule is NOCc1ccccc1C1CCSCC1. The minimum Gasteiger partial charge on any atom is -0.300 e. The van der Waals surface area contributed by atoms with Gasteiger partial charge in [-0.2, -0.15) is 11.8 Å². The Bertz CT molecular complexity index is 310. The number of hydrogen-bond donors (Lipinski definition) is 1. The maximum atomic E-state index is 5.15. The molecule has 0 radical (unpaired) electrons. The van der Waals surface area contributed by atoms with Gasteiger partial charge >= 0.3 is 0 Å². The zero-order chi connectivity index (χ0) is 10.5. The summed E-state index contributed by atoms with van der Waals surface area (Å²) in [6, 6.07) is 8.49. The van der Waals surface area contributed by atoms with Gasteiger partial charge in [0.2, 0.25) is 0 Å². The van der Waals surface area contributed by atoms with Crippen LogP contribution in [0.5, 0.6) is 0 Å².